The first-order valence-electron chi connectivity index (χ1n) is 3.33. The maximum Gasteiger partial charge on any atom is 0.339 e. The fourth-order valence-corrected chi connectivity index (χ4v) is 1.05. The normalized spacial score (nSPS) is 10.3. The van der Waals surface area contributed by atoms with Crippen LogP contribution in [0.1, 0.15) is 10.4 Å². The van der Waals surface area contributed by atoms with Crippen LogP contribution in [0.4, 0.5) is 0 Å². The first kappa shape index (κ1) is 6.84. The molecular weight excluding hydrogens is 158 g/mol. The fraction of sp³-hybridized carbons (Fsp3) is 0. The van der Waals surface area contributed by atoms with E-state index in [1.807, 2.05) is 0 Å². The number of nitrogens with zero attached hydrogens (tertiary/aromatic N) is 1. The Bertz CT molecular complexity index is 433. The molecule has 12 heavy (non-hydrogen) atoms. The van der Waals surface area contributed by atoms with Gasteiger partial charge >= 0.3 is 5.97 Å². The lowest BCUT2D eigenvalue weighted by Crippen LogP contribution is -1.93. The van der Waals surface area contributed by atoms with Crippen LogP contribution in [0.15, 0.2) is 29.1 Å². The topological polar surface area (TPSA) is 63.3 Å². The number of aromatic carboxylic acids is 1. The van der Waals surface area contributed by atoms with Crippen LogP contribution >= 0.6 is 0 Å². The molecule has 2 rings (SSSR count). The second-order valence-corrected chi connectivity index (χ2v) is 2.33. The number of hydrogen-bond acceptors (Lipinski definition) is 3. The summed E-state index contributed by atoms with van der Waals surface area (Å²) in [4.78, 5) is 14.4. The molecule has 0 radical (unpaired) electrons. The quantitative estimate of drug-likeness (QED) is 0.692. The predicted octanol–water partition coefficient (Wildman–Crippen LogP) is 1.53. The van der Waals surface area contributed by atoms with Gasteiger partial charge in [-0.3, -0.25) is 4.98 Å². The molecule has 0 saturated carbocycles. The van der Waals surface area contributed by atoms with E-state index in [-0.39, 0.29) is 5.56 Å². The molecule has 4 heteroatoms. The highest BCUT2D eigenvalue weighted by atomic mass is 16.4. The second kappa shape index (κ2) is 2.34. The summed E-state index contributed by atoms with van der Waals surface area (Å²) in [6, 6.07) is 1.61. The Morgan fingerprint density at radius 3 is 3.17 bits per heavy atom. The minimum atomic E-state index is -0.986. The molecule has 0 fully saturated rings. The molecule has 2 heterocycles. The predicted molar refractivity (Wildman–Crippen MR) is 41.0 cm³/mol. The highest BCUT2D eigenvalue weighted by Crippen LogP contribution is 2.18. The van der Waals surface area contributed by atoms with Gasteiger partial charge in [-0.2, -0.15) is 0 Å². The molecule has 0 aliphatic carbocycles. The van der Waals surface area contributed by atoms with Gasteiger partial charge in [0, 0.05) is 11.6 Å². The molecule has 0 atom stereocenters. The van der Waals surface area contributed by atoms with Gasteiger partial charge < -0.3 is 9.52 Å². The summed E-state index contributed by atoms with van der Waals surface area (Å²) in [6.45, 7) is 0. The van der Waals surface area contributed by atoms with Gasteiger partial charge in [-0.1, -0.05) is 0 Å². The van der Waals surface area contributed by atoms with E-state index < -0.39 is 5.97 Å². The van der Waals surface area contributed by atoms with E-state index in [4.69, 9.17) is 9.52 Å². The van der Waals surface area contributed by atoms with Gasteiger partial charge in [0.25, 0.3) is 0 Å². The van der Waals surface area contributed by atoms with Crippen LogP contribution in [0.25, 0.3) is 11.0 Å². The number of carboxylic acids is 1. The van der Waals surface area contributed by atoms with E-state index in [0.29, 0.717) is 11.0 Å². The molecule has 60 valence electrons. The Morgan fingerprint density at radius 1 is 1.58 bits per heavy atom. The molecule has 0 saturated heterocycles. The van der Waals surface area contributed by atoms with Gasteiger partial charge in [-0.25, -0.2) is 4.79 Å². The number of fused-ring (bicyclic) bond motifs is 1. The van der Waals surface area contributed by atoms with Gasteiger partial charge in [0.05, 0.1) is 6.20 Å². The first-order chi connectivity index (χ1) is 5.79. The van der Waals surface area contributed by atoms with Gasteiger partial charge in [0.15, 0.2) is 5.58 Å². The average molecular weight is 163 g/mol. The summed E-state index contributed by atoms with van der Waals surface area (Å²) in [7, 11) is 0. The molecule has 0 aliphatic rings. The van der Waals surface area contributed by atoms with Crippen molar-refractivity contribution in [2.24, 2.45) is 0 Å². The molecule has 2 aromatic rings. The summed E-state index contributed by atoms with van der Waals surface area (Å²) < 4.78 is 4.97. The van der Waals surface area contributed by atoms with Crippen LogP contribution < -0.4 is 0 Å². The van der Waals surface area contributed by atoms with Crippen molar-refractivity contribution in [3.63, 3.8) is 0 Å². The second-order valence-electron chi connectivity index (χ2n) is 2.33. The fourth-order valence-electron chi connectivity index (χ4n) is 1.05. The van der Waals surface area contributed by atoms with Crippen LogP contribution in [-0.4, -0.2) is 16.1 Å². The molecule has 0 unspecified atom stereocenters. The van der Waals surface area contributed by atoms with Crippen molar-refractivity contribution in [3.05, 3.63) is 30.3 Å². The van der Waals surface area contributed by atoms with Crippen LogP contribution in [0, 0.1) is 0 Å². The number of pyridine rings is 1. The third-order valence-corrected chi connectivity index (χ3v) is 1.61. The first-order valence-corrected chi connectivity index (χ1v) is 3.33. The van der Waals surface area contributed by atoms with E-state index in [2.05, 4.69) is 4.98 Å². The highest BCUT2D eigenvalue weighted by molar-refractivity contribution is 6.01. The molecule has 4 nitrogen and oxygen atoms in total. The van der Waals surface area contributed by atoms with Crippen molar-refractivity contribution in [3.8, 4) is 0 Å². The average Bonchev–Trinajstić information content (AvgIpc) is 2.47. The van der Waals surface area contributed by atoms with Gasteiger partial charge in [0.1, 0.15) is 11.8 Å². The smallest absolute Gasteiger partial charge is 0.339 e. The van der Waals surface area contributed by atoms with E-state index in [1.54, 1.807) is 6.07 Å². The van der Waals surface area contributed by atoms with Crippen molar-refractivity contribution in [1.29, 1.82) is 0 Å². The lowest BCUT2D eigenvalue weighted by Gasteiger charge is -1.87. The molecule has 0 amide bonds. The Kier molecular flexibility index (Phi) is 1.33. The Hall–Kier alpha value is -1.84. The molecule has 1 N–H and O–H groups in total. The van der Waals surface area contributed by atoms with Gasteiger partial charge in [-0.05, 0) is 6.07 Å². The van der Waals surface area contributed by atoms with Crippen molar-refractivity contribution >= 4 is 16.9 Å². The molecule has 0 bridgehead atoms. The van der Waals surface area contributed by atoms with Crippen molar-refractivity contribution in [2.75, 3.05) is 0 Å². The molecule has 0 spiro atoms. The Balaban J connectivity index is 2.79. The zero-order chi connectivity index (χ0) is 8.55. The zero-order valence-corrected chi connectivity index (χ0v) is 6.02. The lowest BCUT2D eigenvalue weighted by molar-refractivity contribution is 0.0698. The summed E-state index contributed by atoms with van der Waals surface area (Å²) in [6.07, 6.45) is 4.24. The van der Waals surface area contributed by atoms with Crippen LogP contribution in [0.2, 0.25) is 0 Å². The van der Waals surface area contributed by atoms with E-state index in [9.17, 15) is 4.79 Å². The van der Waals surface area contributed by atoms with E-state index in [0.717, 1.165) is 0 Å². The maximum atomic E-state index is 10.6. The number of hydrogen-bond donors (Lipinski definition) is 1. The Labute approximate surface area is 67.4 Å². The van der Waals surface area contributed by atoms with Gasteiger partial charge in [0.2, 0.25) is 0 Å². The van der Waals surface area contributed by atoms with Crippen LogP contribution in [-0.2, 0) is 0 Å². The number of carboxylic acid groups (broad SMARTS) is 1. The number of rotatable bonds is 1. The van der Waals surface area contributed by atoms with Crippen LogP contribution in [0.5, 0.6) is 0 Å². The standard InChI is InChI=1S/C8H5NO3/c10-8(11)6-4-12-7-3-9-2-1-5(6)7/h1-4H,(H,10,11). The van der Waals surface area contributed by atoms with Crippen molar-refractivity contribution < 1.29 is 14.3 Å². The van der Waals surface area contributed by atoms with Crippen molar-refractivity contribution in [1.82, 2.24) is 4.98 Å². The SMILES string of the molecule is O=C(O)c1coc2cnccc12. The maximum absolute atomic E-state index is 10.6. The number of furan rings is 1. The number of aromatic nitrogens is 1. The lowest BCUT2D eigenvalue weighted by atomic mass is 10.2. The zero-order valence-electron chi connectivity index (χ0n) is 6.02. The third kappa shape index (κ3) is 0.852. The minimum Gasteiger partial charge on any atom is -0.478 e. The summed E-state index contributed by atoms with van der Waals surface area (Å²) in [5.41, 5.74) is 0.669. The summed E-state index contributed by atoms with van der Waals surface area (Å²) >= 11 is 0. The monoisotopic (exact) mass is 163 g/mol. The highest BCUT2D eigenvalue weighted by Gasteiger charge is 2.10. The van der Waals surface area contributed by atoms with E-state index in [1.165, 1.54) is 18.7 Å². The van der Waals surface area contributed by atoms with Crippen LogP contribution in [0.3, 0.4) is 0 Å². The Morgan fingerprint density at radius 2 is 2.42 bits per heavy atom. The minimum absolute atomic E-state index is 0.174. The largest absolute Gasteiger partial charge is 0.478 e. The van der Waals surface area contributed by atoms with Gasteiger partial charge in [-0.15, -0.1) is 0 Å². The molecule has 0 aliphatic heterocycles. The van der Waals surface area contributed by atoms with Crippen molar-refractivity contribution in [2.45, 2.75) is 0 Å². The molecule has 2 aromatic heterocycles. The molecular formula is C8H5NO3. The molecule has 0 aromatic carbocycles. The summed E-state index contributed by atoms with van der Waals surface area (Å²) in [5, 5.41) is 9.27. The number of carbonyl (C=O) groups is 1. The third-order valence-electron chi connectivity index (χ3n) is 1.61. The van der Waals surface area contributed by atoms with E-state index >= 15 is 0 Å². The summed E-state index contributed by atoms with van der Waals surface area (Å²) in [5.74, 6) is -0.986.